The molecule has 0 spiro atoms. The second kappa shape index (κ2) is 4.13. The molecule has 1 aromatic heterocycles. The molecule has 0 bridgehead atoms. The molecule has 1 aliphatic heterocycles. The molecule has 0 aliphatic carbocycles. The highest BCUT2D eigenvalue weighted by Gasteiger charge is 2.19. The number of thiophene rings is 1. The largest absolute Gasteiger partial charge is 0.316 e. The van der Waals surface area contributed by atoms with Gasteiger partial charge in [0.25, 0.3) is 0 Å². The summed E-state index contributed by atoms with van der Waals surface area (Å²) in [6.45, 7) is 4.04. The predicted octanol–water partition coefficient (Wildman–Crippen LogP) is 2.41. The fourth-order valence-corrected chi connectivity index (χ4v) is 2.94. The number of guanidine groups is 1. The van der Waals surface area contributed by atoms with Gasteiger partial charge in [0.05, 0.1) is 10.5 Å². The minimum atomic E-state index is 0.248. The molecule has 0 amide bonds. The van der Waals surface area contributed by atoms with Crippen molar-refractivity contribution in [1.82, 2.24) is 4.72 Å². The quantitative estimate of drug-likeness (QED) is 0.738. The minimum Gasteiger partial charge on any atom is -0.316 e. The molecule has 78 valence electrons. The molecule has 0 saturated heterocycles. The Morgan fingerprint density at radius 2 is 2.33 bits per heavy atom. The van der Waals surface area contributed by atoms with Crippen molar-refractivity contribution in [3.63, 3.8) is 0 Å². The van der Waals surface area contributed by atoms with Crippen molar-refractivity contribution in [3.8, 4) is 6.07 Å². The zero-order valence-corrected chi connectivity index (χ0v) is 10.00. The van der Waals surface area contributed by atoms with Crippen molar-refractivity contribution in [2.75, 3.05) is 5.32 Å². The molecular formula is C9H10N4S2. The predicted molar refractivity (Wildman–Crippen MR) is 64.2 cm³/mol. The molecule has 2 rings (SSSR count). The fourth-order valence-electron chi connectivity index (χ4n) is 1.16. The molecule has 1 aliphatic rings. The number of aliphatic imine (C=N–C) groups is 1. The Labute approximate surface area is 96.5 Å². The third kappa shape index (κ3) is 2.08. The van der Waals surface area contributed by atoms with E-state index in [1.54, 1.807) is 0 Å². The van der Waals surface area contributed by atoms with E-state index < -0.39 is 0 Å². The van der Waals surface area contributed by atoms with Gasteiger partial charge in [-0.1, -0.05) is 0 Å². The van der Waals surface area contributed by atoms with E-state index in [9.17, 15) is 0 Å². The maximum absolute atomic E-state index is 8.85. The third-order valence-corrected chi connectivity index (χ3v) is 3.68. The van der Waals surface area contributed by atoms with Gasteiger partial charge in [0.15, 0.2) is 0 Å². The number of anilines is 1. The molecule has 1 aromatic rings. The number of hydrogen-bond acceptors (Lipinski definition) is 4. The fraction of sp³-hybridized carbons (Fsp3) is 0.333. The van der Waals surface area contributed by atoms with Crippen LogP contribution in [0, 0.1) is 11.3 Å². The van der Waals surface area contributed by atoms with Crippen LogP contribution in [0.4, 0.5) is 5.00 Å². The van der Waals surface area contributed by atoms with Crippen molar-refractivity contribution in [2.45, 2.75) is 24.8 Å². The summed E-state index contributed by atoms with van der Waals surface area (Å²) in [5.41, 5.74) is 0.712. The first-order chi connectivity index (χ1) is 7.20. The smallest absolute Gasteiger partial charge is 0.207 e. The van der Waals surface area contributed by atoms with Crippen molar-refractivity contribution in [2.24, 2.45) is 4.99 Å². The highest BCUT2D eigenvalue weighted by Crippen LogP contribution is 2.37. The molecule has 0 aromatic carbocycles. The van der Waals surface area contributed by atoms with Gasteiger partial charge in [-0.2, -0.15) is 5.26 Å². The van der Waals surface area contributed by atoms with Gasteiger partial charge in [0.1, 0.15) is 11.1 Å². The van der Waals surface area contributed by atoms with Crippen molar-refractivity contribution in [3.05, 3.63) is 10.9 Å². The normalized spacial score (nSPS) is 16.8. The van der Waals surface area contributed by atoms with Crippen molar-refractivity contribution in [1.29, 1.82) is 5.26 Å². The van der Waals surface area contributed by atoms with Gasteiger partial charge >= 0.3 is 0 Å². The van der Waals surface area contributed by atoms with E-state index in [4.69, 9.17) is 5.26 Å². The summed E-state index contributed by atoms with van der Waals surface area (Å²) in [6.07, 6.45) is 0. The van der Waals surface area contributed by atoms with E-state index in [1.165, 1.54) is 23.3 Å². The Morgan fingerprint density at radius 1 is 1.53 bits per heavy atom. The van der Waals surface area contributed by atoms with Gasteiger partial charge in [0.2, 0.25) is 5.96 Å². The molecule has 0 atom stereocenters. The van der Waals surface area contributed by atoms with Gasteiger partial charge in [-0.15, -0.1) is 11.3 Å². The molecule has 0 saturated carbocycles. The van der Waals surface area contributed by atoms with Crippen LogP contribution in [0.15, 0.2) is 15.3 Å². The van der Waals surface area contributed by atoms with Crippen LogP contribution in [0.2, 0.25) is 0 Å². The first-order valence-corrected chi connectivity index (χ1v) is 6.19. The molecule has 15 heavy (non-hydrogen) atoms. The van der Waals surface area contributed by atoms with Gasteiger partial charge in [-0.3, -0.25) is 4.72 Å². The van der Waals surface area contributed by atoms with Gasteiger partial charge < -0.3 is 5.32 Å². The average molecular weight is 238 g/mol. The number of hydrogen-bond donors (Lipinski definition) is 2. The van der Waals surface area contributed by atoms with Crippen LogP contribution in [-0.2, 0) is 0 Å². The van der Waals surface area contributed by atoms with Crippen LogP contribution in [0.25, 0.3) is 0 Å². The van der Waals surface area contributed by atoms with Crippen LogP contribution in [0.5, 0.6) is 0 Å². The van der Waals surface area contributed by atoms with Crippen LogP contribution < -0.4 is 10.0 Å². The lowest BCUT2D eigenvalue weighted by atomic mass is 10.4. The van der Waals surface area contributed by atoms with Crippen LogP contribution in [0.3, 0.4) is 0 Å². The first-order valence-electron chi connectivity index (χ1n) is 4.50. The summed E-state index contributed by atoms with van der Waals surface area (Å²) in [4.78, 5) is 5.33. The number of rotatable bonds is 1. The maximum atomic E-state index is 8.85. The zero-order valence-electron chi connectivity index (χ0n) is 8.37. The van der Waals surface area contributed by atoms with Crippen LogP contribution in [-0.4, -0.2) is 12.0 Å². The molecule has 0 radical (unpaired) electrons. The van der Waals surface area contributed by atoms with E-state index in [-0.39, 0.29) is 6.04 Å². The van der Waals surface area contributed by atoms with E-state index in [1.807, 2.05) is 19.2 Å². The van der Waals surface area contributed by atoms with Gasteiger partial charge in [0, 0.05) is 11.4 Å². The van der Waals surface area contributed by atoms with E-state index >= 15 is 0 Å². The molecule has 2 heterocycles. The molecule has 0 fully saturated rings. The second-order valence-electron chi connectivity index (χ2n) is 3.32. The molecule has 2 N–H and O–H groups in total. The Hall–Kier alpha value is -1.19. The lowest BCUT2D eigenvalue weighted by molar-refractivity contribution is 0.831. The topological polar surface area (TPSA) is 60.2 Å². The SMILES string of the molecule is CC(C)N=C1NSc2c(C#N)csc2N1. The van der Waals surface area contributed by atoms with Crippen LogP contribution >= 0.6 is 23.3 Å². The highest BCUT2D eigenvalue weighted by atomic mass is 32.2. The van der Waals surface area contributed by atoms with E-state index in [2.05, 4.69) is 21.1 Å². The van der Waals surface area contributed by atoms with E-state index in [0.717, 1.165) is 15.9 Å². The van der Waals surface area contributed by atoms with Crippen molar-refractivity contribution < 1.29 is 0 Å². The van der Waals surface area contributed by atoms with Gasteiger partial charge in [-0.05, 0) is 25.8 Å². The monoisotopic (exact) mass is 238 g/mol. The molecular weight excluding hydrogens is 228 g/mol. The molecule has 6 heteroatoms. The summed E-state index contributed by atoms with van der Waals surface area (Å²) < 4.78 is 3.08. The number of nitrogens with zero attached hydrogens (tertiary/aromatic N) is 2. The highest BCUT2D eigenvalue weighted by molar-refractivity contribution is 7.98. The number of fused-ring (bicyclic) bond motifs is 1. The first kappa shape index (κ1) is 10.3. The summed E-state index contributed by atoms with van der Waals surface area (Å²) in [7, 11) is 0. The van der Waals surface area contributed by atoms with Gasteiger partial charge in [-0.25, -0.2) is 4.99 Å². The minimum absolute atomic E-state index is 0.248. The summed E-state index contributed by atoms with van der Waals surface area (Å²) in [6, 6.07) is 2.41. The Balaban J connectivity index is 2.26. The Morgan fingerprint density at radius 3 is 3.00 bits per heavy atom. The van der Waals surface area contributed by atoms with Crippen molar-refractivity contribution >= 4 is 34.2 Å². The lowest BCUT2D eigenvalue weighted by Crippen LogP contribution is -2.29. The van der Waals surface area contributed by atoms with E-state index in [0.29, 0.717) is 5.56 Å². The Bertz CT molecular complexity index is 441. The lowest BCUT2D eigenvalue weighted by Gasteiger charge is -2.17. The summed E-state index contributed by atoms with van der Waals surface area (Å²) in [5.74, 6) is 0.758. The second-order valence-corrected chi connectivity index (χ2v) is 5.02. The third-order valence-electron chi connectivity index (χ3n) is 1.73. The number of nitriles is 1. The summed E-state index contributed by atoms with van der Waals surface area (Å²) >= 11 is 2.97. The standard InChI is InChI=1S/C9H10N4S2/c1-5(2)11-9-12-8-7(15-13-9)6(3-10)4-14-8/h4-5H,1-2H3,(H2,11,12,13). The summed E-state index contributed by atoms with van der Waals surface area (Å²) in [5, 5.41) is 14.9. The zero-order chi connectivity index (χ0) is 10.8. The van der Waals surface area contributed by atoms with Crippen LogP contribution in [0.1, 0.15) is 19.4 Å². The molecule has 0 unspecified atom stereocenters. The Kier molecular flexibility index (Phi) is 2.84. The molecule has 4 nitrogen and oxygen atoms in total. The number of nitrogens with one attached hydrogen (secondary N) is 2. The maximum Gasteiger partial charge on any atom is 0.207 e. The average Bonchev–Trinajstić information content (AvgIpc) is 2.58.